The molecule has 0 spiro atoms. The SMILES string of the molecule is Cc1c(C(=O)NCCCN2CCN(c3cccc(Cl)c3Cl)CC2)c(O)c(-c2ccccc2)n1C. The van der Waals surface area contributed by atoms with Crippen molar-refractivity contribution in [2.24, 2.45) is 7.05 Å². The summed E-state index contributed by atoms with van der Waals surface area (Å²) >= 11 is 12.5. The highest BCUT2D eigenvalue weighted by atomic mass is 35.5. The van der Waals surface area contributed by atoms with Crippen molar-refractivity contribution in [2.75, 3.05) is 44.2 Å². The Balaban J connectivity index is 1.27. The molecular weight excluding hydrogens is 471 g/mol. The molecule has 34 heavy (non-hydrogen) atoms. The molecule has 6 nitrogen and oxygen atoms in total. The van der Waals surface area contributed by atoms with Crippen molar-refractivity contribution in [2.45, 2.75) is 13.3 Å². The van der Waals surface area contributed by atoms with Gasteiger partial charge in [0, 0.05) is 51.0 Å². The fourth-order valence-electron chi connectivity index (χ4n) is 4.52. The third-order valence-corrected chi connectivity index (χ3v) is 7.33. The van der Waals surface area contributed by atoms with E-state index >= 15 is 0 Å². The van der Waals surface area contributed by atoms with Crippen molar-refractivity contribution in [3.8, 4) is 17.0 Å². The van der Waals surface area contributed by atoms with Gasteiger partial charge in [0.1, 0.15) is 5.56 Å². The van der Waals surface area contributed by atoms with Crippen LogP contribution in [0, 0.1) is 6.92 Å². The van der Waals surface area contributed by atoms with E-state index in [2.05, 4.69) is 15.1 Å². The van der Waals surface area contributed by atoms with Crippen LogP contribution in [0.1, 0.15) is 22.5 Å². The number of nitrogens with one attached hydrogen (secondary N) is 1. The summed E-state index contributed by atoms with van der Waals surface area (Å²) in [6, 6.07) is 15.3. The number of aromatic hydroxyl groups is 1. The molecule has 1 aromatic heterocycles. The fourth-order valence-corrected chi connectivity index (χ4v) is 4.94. The van der Waals surface area contributed by atoms with E-state index in [1.807, 2.05) is 61.0 Å². The second-order valence-electron chi connectivity index (χ2n) is 8.59. The molecule has 2 aromatic carbocycles. The molecule has 180 valence electrons. The molecule has 0 radical (unpaired) electrons. The van der Waals surface area contributed by atoms with E-state index in [4.69, 9.17) is 23.2 Å². The number of halogens is 2. The van der Waals surface area contributed by atoms with Gasteiger partial charge in [-0.3, -0.25) is 9.69 Å². The zero-order chi connectivity index (χ0) is 24.2. The Bertz CT molecular complexity index is 1160. The number of benzene rings is 2. The zero-order valence-corrected chi connectivity index (χ0v) is 21.0. The van der Waals surface area contributed by atoms with Crippen LogP contribution in [0.25, 0.3) is 11.3 Å². The molecule has 0 saturated carbocycles. The topological polar surface area (TPSA) is 60.7 Å². The van der Waals surface area contributed by atoms with Crippen molar-refractivity contribution < 1.29 is 9.90 Å². The molecule has 0 unspecified atom stereocenters. The van der Waals surface area contributed by atoms with Gasteiger partial charge in [0.25, 0.3) is 5.91 Å². The van der Waals surface area contributed by atoms with E-state index < -0.39 is 0 Å². The second kappa shape index (κ2) is 10.7. The molecule has 1 aliphatic rings. The summed E-state index contributed by atoms with van der Waals surface area (Å²) in [4.78, 5) is 17.5. The van der Waals surface area contributed by atoms with Gasteiger partial charge in [-0.2, -0.15) is 0 Å². The van der Waals surface area contributed by atoms with E-state index in [-0.39, 0.29) is 11.7 Å². The minimum Gasteiger partial charge on any atom is -0.505 e. The standard InChI is InChI=1S/C26H30Cl2N4O2/c1-18-22(25(33)24(30(18)2)19-8-4-3-5-9-19)26(34)29-12-7-13-31-14-16-32(17-15-31)21-11-6-10-20(27)23(21)28/h3-6,8-11,33H,7,12-17H2,1-2H3,(H,29,34). The normalized spacial score (nSPS) is 14.4. The van der Waals surface area contributed by atoms with Crippen LogP contribution in [0.15, 0.2) is 48.5 Å². The molecule has 0 atom stereocenters. The van der Waals surface area contributed by atoms with E-state index in [0.29, 0.717) is 27.8 Å². The Morgan fingerprint density at radius 1 is 1.03 bits per heavy atom. The number of carbonyl (C=O) groups excluding carboxylic acids is 1. The van der Waals surface area contributed by atoms with Crippen LogP contribution in [0.4, 0.5) is 5.69 Å². The van der Waals surface area contributed by atoms with E-state index in [1.165, 1.54) is 0 Å². The van der Waals surface area contributed by atoms with Gasteiger partial charge in [0.2, 0.25) is 0 Å². The van der Waals surface area contributed by atoms with Gasteiger partial charge in [-0.1, -0.05) is 59.6 Å². The number of amides is 1. The second-order valence-corrected chi connectivity index (χ2v) is 9.38. The molecular formula is C26H30Cl2N4O2. The smallest absolute Gasteiger partial charge is 0.256 e. The summed E-state index contributed by atoms with van der Waals surface area (Å²) in [6.45, 7) is 6.91. The molecule has 1 amide bonds. The molecule has 1 saturated heterocycles. The Kier molecular flexibility index (Phi) is 7.71. The molecule has 0 bridgehead atoms. The monoisotopic (exact) mass is 500 g/mol. The first-order valence-corrected chi connectivity index (χ1v) is 12.3. The molecule has 8 heteroatoms. The average Bonchev–Trinajstić information content (AvgIpc) is 3.07. The molecule has 2 N–H and O–H groups in total. The highest BCUT2D eigenvalue weighted by Crippen LogP contribution is 2.36. The van der Waals surface area contributed by atoms with E-state index in [0.717, 1.165) is 56.1 Å². The highest BCUT2D eigenvalue weighted by molar-refractivity contribution is 6.43. The largest absolute Gasteiger partial charge is 0.505 e. The first-order chi connectivity index (χ1) is 16.4. The highest BCUT2D eigenvalue weighted by Gasteiger charge is 2.24. The predicted octanol–water partition coefficient (Wildman–Crippen LogP) is 4.96. The van der Waals surface area contributed by atoms with Gasteiger partial charge in [0.05, 0.1) is 21.4 Å². The number of rotatable bonds is 7. The van der Waals surface area contributed by atoms with Gasteiger partial charge in [0.15, 0.2) is 5.75 Å². The Labute approximate surface area is 210 Å². The van der Waals surface area contributed by atoms with Crippen LogP contribution in [0.3, 0.4) is 0 Å². The molecule has 3 aromatic rings. The minimum atomic E-state index is -0.242. The summed E-state index contributed by atoms with van der Waals surface area (Å²) < 4.78 is 1.87. The predicted molar refractivity (Wildman–Crippen MR) is 139 cm³/mol. The number of nitrogens with zero attached hydrogens (tertiary/aromatic N) is 3. The van der Waals surface area contributed by atoms with Gasteiger partial charge in [-0.25, -0.2) is 0 Å². The van der Waals surface area contributed by atoms with E-state index in [1.54, 1.807) is 6.07 Å². The van der Waals surface area contributed by atoms with Crippen LogP contribution in [0.2, 0.25) is 10.0 Å². The maximum absolute atomic E-state index is 12.9. The van der Waals surface area contributed by atoms with Crippen LogP contribution < -0.4 is 10.2 Å². The minimum absolute atomic E-state index is 0.0273. The number of piperazine rings is 1. The molecule has 4 rings (SSSR count). The lowest BCUT2D eigenvalue weighted by Crippen LogP contribution is -2.47. The molecule has 1 aliphatic heterocycles. The summed E-state index contributed by atoms with van der Waals surface area (Å²) in [5.41, 5.74) is 3.59. The third kappa shape index (κ3) is 5.04. The average molecular weight is 501 g/mol. The maximum atomic E-state index is 12.9. The number of hydrogen-bond donors (Lipinski definition) is 2. The van der Waals surface area contributed by atoms with Gasteiger partial charge in [-0.05, 0) is 32.0 Å². The van der Waals surface area contributed by atoms with Gasteiger partial charge < -0.3 is 19.9 Å². The summed E-state index contributed by atoms with van der Waals surface area (Å²) in [6.07, 6.45) is 0.835. The number of hydrogen-bond acceptors (Lipinski definition) is 4. The summed E-state index contributed by atoms with van der Waals surface area (Å²) in [5, 5.41) is 15.0. The van der Waals surface area contributed by atoms with Crippen molar-refractivity contribution in [3.63, 3.8) is 0 Å². The van der Waals surface area contributed by atoms with Gasteiger partial charge >= 0.3 is 0 Å². The molecule has 2 heterocycles. The van der Waals surface area contributed by atoms with Crippen LogP contribution >= 0.6 is 23.2 Å². The van der Waals surface area contributed by atoms with Crippen molar-refractivity contribution in [1.82, 2.24) is 14.8 Å². The lowest BCUT2D eigenvalue weighted by atomic mass is 10.1. The Hall–Kier alpha value is -2.67. The quantitative estimate of drug-likeness (QED) is 0.450. The summed E-state index contributed by atoms with van der Waals surface area (Å²) in [7, 11) is 1.87. The lowest BCUT2D eigenvalue weighted by molar-refractivity contribution is 0.0948. The number of aromatic nitrogens is 1. The Morgan fingerprint density at radius 2 is 1.74 bits per heavy atom. The van der Waals surface area contributed by atoms with Crippen LogP contribution in [-0.4, -0.2) is 59.7 Å². The first kappa shape index (κ1) is 24.5. The van der Waals surface area contributed by atoms with Crippen LogP contribution in [-0.2, 0) is 7.05 Å². The zero-order valence-electron chi connectivity index (χ0n) is 19.5. The Morgan fingerprint density at radius 3 is 2.44 bits per heavy atom. The summed E-state index contributed by atoms with van der Waals surface area (Å²) in [5.74, 6) is -0.215. The maximum Gasteiger partial charge on any atom is 0.256 e. The van der Waals surface area contributed by atoms with Gasteiger partial charge in [-0.15, -0.1) is 0 Å². The van der Waals surface area contributed by atoms with Crippen molar-refractivity contribution in [1.29, 1.82) is 0 Å². The van der Waals surface area contributed by atoms with Crippen molar-refractivity contribution >= 4 is 34.8 Å². The van der Waals surface area contributed by atoms with Crippen LogP contribution in [0.5, 0.6) is 5.75 Å². The fraction of sp³-hybridized carbons (Fsp3) is 0.346. The first-order valence-electron chi connectivity index (χ1n) is 11.5. The molecule has 1 fully saturated rings. The third-order valence-electron chi connectivity index (χ3n) is 6.52. The van der Waals surface area contributed by atoms with E-state index in [9.17, 15) is 9.90 Å². The number of anilines is 1. The van der Waals surface area contributed by atoms with Crippen molar-refractivity contribution in [3.05, 3.63) is 69.8 Å². The number of carbonyl (C=O) groups is 1. The molecule has 0 aliphatic carbocycles. The lowest BCUT2D eigenvalue weighted by Gasteiger charge is -2.36.